The Bertz CT molecular complexity index is 1050. The second kappa shape index (κ2) is 8.71. The van der Waals surface area contributed by atoms with Gasteiger partial charge in [-0.1, -0.05) is 6.92 Å². The van der Waals surface area contributed by atoms with Gasteiger partial charge < -0.3 is 9.72 Å². The number of benzene rings is 1. The predicted octanol–water partition coefficient (Wildman–Crippen LogP) is 2.56. The zero-order valence-corrected chi connectivity index (χ0v) is 17.8. The monoisotopic (exact) mass is 420 g/mol. The number of ether oxygens (including phenoxy) is 1. The molecule has 0 saturated heterocycles. The summed E-state index contributed by atoms with van der Waals surface area (Å²) in [6.45, 7) is 8.11. The van der Waals surface area contributed by atoms with Crippen LogP contribution in [0.15, 0.2) is 29.2 Å². The molecule has 29 heavy (non-hydrogen) atoms. The van der Waals surface area contributed by atoms with Crippen LogP contribution in [0.2, 0.25) is 0 Å². The van der Waals surface area contributed by atoms with E-state index < -0.39 is 27.9 Å². The minimum atomic E-state index is -3.63. The van der Waals surface area contributed by atoms with Crippen molar-refractivity contribution in [1.82, 2.24) is 9.71 Å². The molecule has 8 nitrogen and oxygen atoms in total. The van der Waals surface area contributed by atoms with Crippen molar-refractivity contribution in [3.05, 3.63) is 52.3 Å². The number of Topliss-reactive ketones (excluding diaryl/α,β-unsaturated/α-hetero) is 2. The van der Waals surface area contributed by atoms with Gasteiger partial charge >= 0.3 is 5.97 Å². The molecule has 2 N–H and O–H groups in total. The molecule has 1 aromatic carbocycles. The topological polar surface area (TPSA) is 122 Å². The molecule has 0 aliphatic heterocycles. The molecule has 0 unspecified atom stereocenters. The lowest BCUT2D eigenvalue weighted by molar-refractivity contribution is 0.0317. The number of aromatic amines is 1. The van der Waals surface area contributed by atoms with E-state index in [2.05, 4.69) is 9.71 Å². The van der Waals surface area contributed by atoms with Crippen LogP contribution >= 0.6 is 0 Å². The summed E-state index contributed by atoms with van der Waals surface area (Å²) in [4.78, 5) is 39.7. The molecule has 2 rings (SSSR count). The molecule has 0 amide bonds. The third-order valence-corrected chi connectivity index (χ3v) is 5.99. The molecule has 156 valence electrons. The number of hydrogen-bond acceptors (Lipinski definition) is 6. The normalized spacial score (nSPS) is 12.4. The minimum Gasteiger partial charge on any atom is -0.451 e. The second-order valence-corrected chi connectivity index (χ2v) is 8.39. The summed E-state index contributed by atoms with van der Waals surface area (Å²) in [5, 5.41) is 0. The molecular formula is C20H24N2O6S. The molecule has 0 bridgehead atoms. The van der Waals surface area contributed by atoms with Crippen LogP contribution in [-0.4, -0.2) is 43.6 Å². The summed E-state index contributed by atoms with van der Waals surface area (Å²) in [5.41, 5.74) is 1.88. The van der Waals surface area contributed by atoms with Crippen molar-refractivity contribution in [2.24, 2.45) is 0 Å². The quantitative estimate of drug-likeness (QED) is 0.500. The van der Waals surface area contributed by atoms with E-state index in [1.807, 2.05) is 0 Å². The van der Waals surface area contributed by atoms with E-state index >= 15 is 0 Å². The zero-order valence-electron chi connectivity index (χ0n) is 17.0. The van der Waals surface area contributed by atoms with Crippen molar-refractivity contribution in [3.63, 3.8) is 0 Å². The Balaban J connectivity index is 2.16. The van der Waals surface area contributed by atoms with Crippen molar-refractivity contribution in [1.29, 1.82) is 0 Å². The van der Waals surface area contributed by atoms with E-state index in [-0.39, 0.29) is 28.5 Å². The van der Waals surface area contributed by atoms with Crippen LogP contribution in [0.1, 0.15) is 63.2 Å². The Morgan fingerprint density at radius 1 is 1.14 bits per heavy atom. The standard InChI is InChI=1S/C20H24N2O6S/c1-6-21-29(26,27)16-9-7-15(8-10-16)20(25)28-14(5)19(24)18-11(2)17(13(4)23)12(3)22-18/h7-10,14,21-22H,6H2,1-5H3/t14-/m1/s1. The van der Waals surface area contributed by atoms with E-state index in [1.165, 1.54) is 38.1 Å². The lowest BCUT2D eigenvalue weighted by Crippen LogP contribution is -2.25. The average molecular weight is 420 g/mol. The van der Waals surface area contributed by atoms with Crippen LogP contribution in [0, 0.1) is 13.8 Å². The average Bonchev–Trinajstić information content (AvgIpc) is 2.95. The van der Waals surface area contributed by atoms with E-state index in [1.54, 1.807) is 20.8 Å². The summed E-state index contributed by atoms with van der Waals surface area (Å²) in [6.07, 6.45) is -1.09. The number of sulfonamides is 1. The predicted molar refractivity (Wildman–Crippen MR) is 107 cm³/mol. The highest BCUT2D eigenvalue weighted by atomic mass is 32.2. The highest BCUT2D eigenvalue weighted by Crippen LogP contribution is 2.21. The van der Waals surface area contributed by atoms with Crippen molar-refractivity contribution >= 4 is 27.6 Å². The molecule has 9 heteroatoms. The molecule has 1 aromatic heterocycles. The number of rotatable bonds is 8. The van der Waals surface area contributed by atoms with Crippen molar-refractivity contribution < 1.29 is 27.5 Å². The molecular weight excluding hydrogens is 396 g/mol. The van der Waals surface area contributed by atoms with Gasteiger partial charge in [-0.2, -0.15) is 0 Å². The van der Waals surface area contributed by atoms with E-state index in [0.717, 1.165) is 0 Å². The first-order chi connectivity index (χ1) is 13.5. The van der Waals surface area contributed by atoms with Gasteiger partial charge in [-0.3, -0.25) is 9.59 Å². The van der Waals surface area contributed by atoms with Crippen molar-refractivity contribution in [2.45, 2.75) is 45.6 Å². The fraction of sp³-hybridized carbons (Fsp3) is 0.350. The maximum Gasteiger partial charge on any atom is 0.338 e. The number of esters is 1. The first-order valence-electron chi connectivity index (χ1n) is 9.04. The van der Waals surface area contributed by atoms with Gasteiger partial charge in [-0.15, -0.1) is 0 Å². The Hall–Kier alpha value is -2.78. The number of aromatic nitrogens is 1. The Kier molecular flexibility index (Phi) is 6.76. The number of hydrogen-bond donors (Lipinski definition) is 2. The van der Waals surface area contributed by atoms with Crippen LogP contribution in [-0.2, 0) is 14.8 Å². The molecule has 0 aliphatic rings. The number of aryl methyl sites for hydroxylation is 1. The maximum absolute atomic E-state index is 12.7. The third-order valence-electron chi connectivity index (χ3n) is 4.42. The van der Waals surface area contributed by atoms with Gasteiger partial charge in [0.2, 0.25) is 15.8 Å². The highest BCUT2D eigenvalue weighted by Gasteiger charge is 2.26. The largest absolute Gasteiger partial charge is 0.451 e. The Labute approximate surface area is 169 Å². The van der Waals surface area contributed by atoms with Gasteiger partial charge in [0.1, 0.15) is 0 Å². The molecule has 0 aliphatic carbocycles. The van der Waals surface area contributed by atoms with Gasteiger partial charge in [0.05, 0.1) is 16.2 Å². The van der Waals surface area contributed by atoms with E-state index in [9.17, 15) is 22.8 Å². The van der Waals surface area contributed by atoms with Gasteiger partial charge in [0.25, 0.3) is 0 Å². The molecule has 0 fully saturated rings. The highest BCUT2D eigenvalue weighted by molar-refractivity contribution is 7.89. The van der Waals surface area contributed by atoms with Gasteiger partial charge in [-0.25, -0.2) is 17.9 Å². The maximum atomic E-state index is 12.7. The Morgan fingerprint density at radius 3 is 2.21 bits per heavy atom. The van der Waals surface area contributed by atoms with Crippen LogP contribution in [0.3, 0.4) is 0 Å². The third kappa shape index (κ3) is 4.80. The Morgan fingerprint density at radius 2 is 1.72 bits per heavy atom. The number of ketones is 2. The fourth-order valence-electron chi connectivity index (χ4n) is 3.05. The van der Waals surface area contributed by atoms with Gasteiger partial charge in [0, 0.05) is 17.8 Å². The van der Waals surface area contributed by atoms with Crippen molar-refractivity contribution in [2.75, 3.05) is 6.54 Å². The molecule has 1 heterocycles. The fourth-order valence-corrected chi connectivity index (χ4v) is 4.09. The van der Waals surface area contributed by atoms with Gasteiger partial charge in [0.15, 0.2) is 11.9 Å². The molecule has 1 atom stereocenters. The number of carbonyl (C=O) groups excluding carboxylic acids is 3. The van der Waals surface area contributed by atoms with Crippen LogP contribution in [0.25, 0.3) is 0 Å². The van der Waals surface area contributed by atoms with E-state index in [4.69, 9.17) is 4.74 Å². The van der Waals surface area contributed by atoms with Crippen molar-refractivity contribution in [3.8, 4) is 0 Å². The first-order valence-corrected chi connectivity index (χ1v) is 10.5. The number of carbonyl (C=O) groups is 3. The zero-order chi connectivity index (χ0) is 21.9. The van der Waals surface area contributed by atoms with Crippen LogP contribution in [0.4, 0.5) is 0 Å². The van der Waals surface area contributed by atoms with E-state index in [0.29, 0.717) is 16.8 Å². The lowest BCUT2D eigenvalue weighted by atomic mass is 10.0. The van der Waals surface area contributed by atoms with Crippen LogP contribution in [0.5, 0.6) is 0 Å². The van der Waals surface area contributed by atoms with Crippen LogP contribution < -0.4 is 4.72 Å². The molecule has 0 spiro atoms. The molecule has 2 aromatic rings. The summed E-state index contributed by atoms with van der Waals surface area (Å²) < 4.78 is 31.5. The first kappa shape index (κ1) is 22.5. The SMILES string of the molecule is CCNS(=O)(=O)c1ccc(C(=O)O[C@H](C)C(=O)c2[nH]c(C)c(C(C)=O)c2C)cc1. The number of H-pyrrole nitrogens is 1. The minimum absolute atomic E-state index is 0.0225. The number of nitrogens with one attached hydrogen (secondary N) is 2. The smallest absolute Gasteiger partial charge is 0.338 e. The molecule has 0 radical (unpaired) electrons. The van der Waals surface area contributed by atoms with Gasteiger partial charge in [-0.05, 0) is 57.5 Å². The summed E-state index contributed by atoms with van der Waals surface area (Å²) in [6, 6.07) is 5.22. The molecule has 0 saturated carbocycles. The summed E-state index contributed by atoms with van der Waals surface area (Å²) in [5.74, 6) is -1.38. The summed E-state index contributed by atoms with van der Waals surface area (Å²) >= 11 is 0. The summed E-state index contributed by atoms with van der Waals surface area (Å²) in [7, 11) is -3.63. The second-order valence-electron chi connectivity index (χ2n) is 6.62. The lowest BCUT2D eigenvalue weighted by Gasteiger charge is -2.12.